The molecule has 0 saturated heterocycles. The predicted octanol–water partition coefficient (Wildman–Crippen LogP) is 5.91. The summed E-state index contributed by atoms with van der Waals surface area (Å²) in [5, 5.41) is 9.62. The number of aromatic hydroxyl groups is 1. The Morgan fingerprint density at radius 1 is 1.13 bits per heavy atom. The minimum absolute atomic E-state index is 0.0172. The maximum atomic E-state index is 14.7. The highest BCUT2D eigenvalue weighted by Gasteiger charge is 2.45. The van der Waals surface area contributed by atoms with Crippen molar-refractivity contribution in [2.24, 2.45) is 17.8 Å². The Kier molecular flexibility index (Phi) is 4.61. The van der Waals surface area contributed by atoms with Gasteiger partial charge in [-0.3, -0.25) is 0 Å². The van der Waals surface area contributed by atoms with Gasteiger partial charge >= 0.3 is 0 Å². The summed E-state index contributed by atoms with van der Waals surface area (Å²) >= 11 is 0. The number of rotatable bonds is 3. The molecule has 0 aliphatic heterocycles. The van der Waals surface area contributed by atoms with Crippen LogP contribution >= 0.6 is 0 Å². The van der Waals surface area contributed by atoms with Crippen LogP contribution in [-0.2, 0) is 5.41 Å². The van der Waals surface area contributed by atoms with Gasteiger partial charge in [-0.15, -0.1) is 0 Å². The van der Waals surface area contributed by atoms with E-state index < -0.39 is 0 Å². The average molecular weight is 314 g/mol. The summed E-state index contributed by atoms with van der Waals surface area (Å²) in [5.41, 5.74) is 1.05. The highest BCUT2D eigenvalue weighted by molar-refractivity contribution is 5.36. The number of allylic oxidation sites excluding steroid dienone is 4. The van der Waals surface area contributed by atoms with Crippen LogP contribution in [0.15, 0.2) is 48.3 Å². The SMILES string of the molecule is CC(C)[C@H]1CC[C@](c2ccc(O)cc2)(C2CC=CC=C2F)CC1. The molecule has 124 valence electrons. The highest BCUT2D eigenvalue weighted by Crippen LogP contribution is 2.52. The third-order valence-electron chi connectivity index (χ3n) is 6.07. The maximum absolute atomic E-state index is 14.7. The molecule has 2 aliphatic carbocycles. The molecule has 1 aromatic carbocycles. The van der Waals surface area contributed by atoms with Gasteiger partial charge in [0.1, 0.15) is 11.6 Å². The summed E-state index contributed by atoms with van der Waals surface area (Å²) in [7, 11) is 0. The van der Waals surface area contributed by atoms with Crippen molar-refractivity contribution in [3.05, 3.63) is 53.9 Å². The van der Waals surface area contributed by atoms with Crippen LogP contribution < -0.4 is 0 Å². The molecule has 0 spiro atoms. The molecule has 23 heavy (non-hydrogen) atoms. The summed E-state index contributed by atoms with van der Waals surface area (Å²) < 4.78 is 14.7. The molecule has 0 heterocycles. The van der Waals surface area contributed by atoms with Gasteiger partial charge in [0.05, 0.1) is 0 Å². The lowest BCUT2D eigenvalue weighted by molar-refractivity contribution is 0.138. The van der Waals surface area contributed by atoms with Crippen molar-refractivity contribution in [2.75, 3.05) is 0 Å². The first-order chi connectivity index (χ1) is 11.0. The third kappa shape index (κ3) is 3.08. The lowest BCUT2D eigenvalue weighted by Gasteiger charge is -2.47. The fourth-order valence-corrected chi connectivity index (χ4v) is 4.55. The Labute approximate surface area is 138 Å². The molecule has 0 bridgehead atoms. The molecular weight excluding hydrogens is 287 g/mol. The second-order valence-electron chi connectivity index (χ2n) is 7.55. The molecule has 1 nitrogen and oxygen atoms in total. The van der Waals surface area contributed by atoms with Gasteiger partial charge in [0.2, 0.25) is 0 Å². The maximum Gasteiger partial charge on any atom is 0.115 e. The van der Waals surface area contributed by atoms with Crippen LogP contribution in [0.1, 0.15) is 51.5 Å². The number of halogens is 1. The summed E-state index contributed by atoms with van der Waals surface area (Å²) in [5.74, 6) is 1.67. The van der Waals surface area contributed by atoms with Gasteiger partial charge < -0.3 is 5.11 Å². The molecule has 0 aromatic heterocycles. The van der Waals surface area contributed by atoms with Gasteiger partial charge in [-0.1, -0.05) is 38.1 Å². The first-order valence-corrected chi connectivity index (χ1v) is 8.84. The zero-order chi connectivity index (χ0) is 16.4. The summed E-state index contributed by atoms with van der Waals surface area (Å²) in [6.07, 6.45) is 10.7. The first-order valence-electron chi connectivity index (χ1n) is 8.84. The van der Waals surface area contributed by atoms with Crippen molar-refractivity contribution in [1.82, 2.24) is 0 Å². The van der Waals surface area contributed by atoms with Gasteiger partial charge in [-0.25, -0.2) is 4.39 Å². The van der Waals surface area contributed by atoms with E-state index in [4.69, 9.17) is 0 Å². The molecule has 1 unspecified atom stereocenters. The molecule has 3 rings (SSSR count). The molecule has 1 aromatic rings. The molecular formula is C21H27FO. The van der Waals surface area contributed by atoms with Crippen molar-refractivity contribution in [3.8, 4) is 5.75 Å². The van der Waals surface area contributed by atoms with Crippen molar-refractivity contribution < 1.29 is 9.50 Å². The minimum atomic E-state index is -0.134. The Morgan fingerprint density at radius 2 is 1.78 bits per heavy atom. The third-order valence-corrected chi connectivity index (χ3v) is 6.07. The van der Waals surface area contributed by atoms with Crippen molar-refractivity contribution in [3.63, 3.8) is 0 Å². The second kappa shape index (κ2) is 6.51. The van der Waals surface area contributed by atoms with Crippen LogP contribution in [0.3, 0.4) is 0 Å². The van der Waals surface area contributed by atoms with Crippen LogP contribution in [0, 0.1) is 17.8 Å². The van der Waals surface area contributed by atoms with Crippen LogP contribution in [-0.4, -0.2) is 5.11 Å². The standard InChI is InChI=1S/C21H27FO/c1-15(2)16-11-13-21(14-12-16,17-7-9-18(23)10-8-17)19-5-3-4-6-20(19)22/h3-4,6-10,15-16,19,23H,5,11-14H2,1-2H3/t16-,19?,21-. The molecule has 0 amide bonds. The normalized spacial score (nSPS) is 31.2. The van der Waals surface area contributed by atoms with E-state index in [1.807, 2.05) is 18.2 Å². The van der Waals surface area contributed by atoms with E-state index in [0.29, 0.717) is 5.92 Å². The lowest BCUT2D eigenvalue weighted by atomic mass is 9.57. The zero-order valence-corrected chi connectivity index (χ0v) is 14.1. The van der Waals surface area contributed by atoms with E-state index >= 15 is 0 Å². The summed E-state index contributed by atoms with van der Waals surface area (Å²) in [6.45, 7) is 4.59. The number of phenols is 1. The number of hydrogen-bond acceptors (Lipinski definition) is 1. The Morgan fingerprint density at radius 3 is 2.35 bits per heavy atom. The number of hydrogen-bond donors (Lipinski definition) is 1. The fraction of sp³-hybridized carbons (Fsp3) is 0.524. The van der Waals surface area contributed by atoms with Crippen LogP contribution in [0.4, 0.5) is 4.39 Å². The van der Waals surface area contributed by atoms with Crippen molar-refractivity contribution in [2.45, 2.75) is 51.4 Å². The monoisotopic (exact) mass is 314 g/mol. The van der Waals surface area contributed by atoms with Gasteiger partial charge in [-0.05, 0) is 67.7 Å². The van der Waals surface area contributed by atoms with Crippen LogP contribution in [0.2, 0.25) is 0 Å². The van der Waals surface area contributed by atoms with E-state index in [-0.39, 0.29) is 22.9 Å². The second-order valence-corrected chi connectivity index (χ2v) is 7.55. The van der Waals surface area contributed by atoms with E-state index in [1.165, 1.54) is 5.56 Å². The van der Waals surface area contributed by atoms with Gasteiger partial charge in [0, 0.05) is 11.3 Å². The average Bonchev–Trinajstić information content (AvgIpc) is 2.56. The number of phenolic OH excluding ortho intramolecular Hbond substituents is 1. The molecule has 2 aliphatic rings. The lowest BCUT2D eigenvalue weighted by Crippen LogP contribution is -2.40. The Bertz CT molecular complexity index is 589. The Hall–Kier alpha value is -1.57. The molecule has 2 heteroatoms. The molecule has 1 N–H and O–H groups in total. The van der Waals surface area contributed by atoms with Gasteiger partial charge in [0.15, 0.2) is 0 Å². The van der Waals surface area contributed by atoms with E-state index in [0.717, 1.165) is 38.0 Å². The van der Waals surface area contributed by atoms with Gasteiger partial charge in [0.25, 0.3) is 0 Å². The summed E-state index contributed by atoms with van der Waals surface area (Å²) in [6, 6.07) is 7.48. The van der Waals surface area contributed by atoms with Crippen LogP contribution in [0.5, 0.6) is 5.75 Å². The van der Waals surface area contributed by atoms with Crippen LogP contribution in [0.25, 0.3) is 0 Å². The minimum Gasteiger partial charge on any atom is -0.508 e. The van der Waals surface area contributed by atoms with E-state index in [2.05, 4.69) is 19.9 Å². The van der Waals surface area contributed by atoms with E-state index in [9.17, 15) is 9.50 Å². The summed E-state index contributed by atoms with van der Waals surface area (Å²) in [4.78, 5) is 0. The fourth-order valence-electron chi connectivity index (χ4n) is 4.55. The first kappa shape index (κ1) is 16.3. The smallest absolute Gasteiger partial charge is 0.115 e. The largest absolute Gasteiger partial charge is 0.508 e. The molecule has 1 atom stereocenters. The highest BCUT2D eigenvalue weighted by atomic mass is 19.1. The Balaban J connectivity index is 1.96. The quantitative estimate of drug-likeness (QED) is 0.735. The molecule has 0 radical (unpaired) electrons. The van der Waals surface area contributed by atoms with Crippen molar-refractivity contribution in [1.29, 1.82) is 0 Å². The van der Waals surface area contributed by atoms with Crippen molar-refractivity contribution >= 4 is 0 Å². The topological polar surface area (TPSA) is 20.2 Å². The molecule has 1 saturated carbocycles. The number of benzene rings is 1. The predicted molar refractivity (Wildman–Crippen MR) is 93.0 cm³/mol. The molecule has 1 fully saturated rings. The van der Waals surface area contributed by atoms with E-state index in [1.54, 1.807) is 18.2 Å². The zero-order valence-electron chi connectivity index (χ0n) is 14.1. The van der Waals surface area contributed by atoms with Gasteiger partial charge in [-0.2, -0.15) is 0 Å².